The Morgan fingerprint density at radius 1 is 0.971 bits per heavy atom. The molecule has 0 radical (unpaired) electrons. The van der Waals surface area contributed by atoms with Crippen molar-refractivity contribution in [2.24, 2.45) is 0 Å². The molecule has 3 N–H and O–H groups in total. The van der Waals surface area contributed by atoms with Crippen LogP contribution in [0.15, 0.2) is 30.3 Å². The Bertz CT molecular complexity index is 1050. The molecule has 7 nitrogen and oxygen atoms in total. The van der Waals surface area contributed by atoms with Crippen molar-refractivity contribution in [3.63, 3.8) is 0 Å². The van der Waals surface area contributed by atoms with Crippen LogP contribution in [-0.4, -0.2) is 43.0 Å². The fourth-order valence-corrected chi connectivity index (χ4v) is 4.54. The van der Waals surface area contributed by atoms with Gasteiger partial charge in [0.15, 0.2) is 5.75 Å². The number of hydrogen-bond donors (Lipinski definition) is 3. The van der Waals surface area contributed by atoms with Gasteiger partial charge in [0.05, 0.1) is 21.1 Å². The molecule has 2 unspecified atom stereocenters. The van der Waals surface area contributed by atoms with Gasteiger partial charge in [-0.05, 0) is 24.9 Å². The number of rotatable bonds is 8. The summed E-state index contributed by atoms with van der Waals surface area (Å²) < 4.78 is 5.16. The van der Waals surface area contributed by atoms with E-state index in [9.17, 15) is 14.4 Å². The van der Waals surface area contributed by atoms with Crippen molar-refractivity contribution < 1.29 is 19.1 Å². The number of carbonyl (C=O) groups excluding carboxylic acids is 3. The van der Waals surface area contributed by atoms with E-state index in [2.05, 4.69) is 16.0 Å². The summed E-state index contributed by atoms with van der Waals surface area (Å²) in [6.07, 6.45) is 1.80. The second-order valence-electron chi connectivity index (χ2n) is 7.49. The summed E-state index contributed by atoms with van der Waals surface area (Å²) in [5.41, 5.74) is 0.842. The minimum absolute atomic E-state index is 0.0808. The molecule has 0 aliphatic carbocycles. The van der Waals surface area contributed by atoms with Gasteiger partial charge in [-0.25, -0.2) is 4.79 Å². The van der Waals surface area contributed by atoms with E-state index in [-0.39, 0.29) is 49.2 Å². The van der Waals surface area contributed by atoms with E-state index in [1.807, 2.05) is 30.3 Å². The van der Waals surface area contributed by atoms with Gasteiger partial charge in [-0.3, -0.25) is 9.59 Å². The zero-order chi connectivity index (χ0) is 24.8. The Labute approximate surface area is 221 Å². The van der Waals surface area contributed by atoms with Crippen LogP contribution in [0.1, 0.15) is 18.4 Å². The van der Waals surface area contributed by atoms with Crippen LogP contribution in [0.5, 0.6) is 5.75 Å². The monoisotopic (exact) mass is 565 g/mol. The number of carbonyl (C=O) groups is 3. The molecule has 1 fully saturated rings. The Kier molecular flexibility index (Phi) is 9.71. The van der Waals surface area contributed by atoms with E-state index in [1.165, 1.54) is 0 Å². The van der Waals surface area contributed by atoms with E-state index in [0.29, 0.717) is 6.42 Å². The summed E-state index contributed by atoms with van der Waals surface area (Å²) in [6.45, 7) is 0.218. The van der Waals surface area contributed by atoms with Crippen molar-refractivity contribution in [3.05, 3.63) is 61.0 Å². The lowest BCUT2D eigenvalue weighted by Crippen LogP contribution is -2.53. The van der Waals surface area contributed by atoms with E-state index < -0.39 is 24.5 Å². The number of halogens is 5. The molecule has 182 valence electrons. The number of hydrogen-bond acceptors (Lipinski definition) is 5. The van der Waals surface area contributed by atoms with Crippen LogP contribution in [0.25, 0.3) is 0 Å². The Balaban J connectivity index is 1.66. The number of benzene rings is 2. The largest absolute Gasteiger partial charge is 0.422 e. The SMILES string of the molecule is O=C(CNC(=O)C(Cc1ccccc1)NC(=O)C1CCCN1)Oc1c(Cl)c(Cl)c(Cl)c(Cl)c1Cl. The van der Waals surface area contributed by atoms with Crippen LogP contribution in [0, 0.1) is 0 Å². The van der Waals surface area contributed by atoms with E-state index in [1.54, 1.807) is 0 Å². The molecule has 0 bridgehead atoms. The maximum Gasteiger partial charge on any atom is 0.330 e. The van der Waals surface area contributed by atoms with Gasteiger partial charge in [-0.2, -0.15) is 0 Å². The van der Waals surface area contributed by atoms with Crippen LogP contribution in [-0.2, 0) is 20.8 Å². The minimum Gasteiger partial charge on any atom is -0.422 e. The smallest absolute Gasteiger partial charge is 0.330 e. The normalized spacial score (nSPS) is 16.1. The molecule has 1 aliphatic rings. The molecule has 3 rings (SSSR count). The average molecular weight is 568 g/mol. The molecule has 2 aromatic carbocycles. The summed E-state index contributed by atoms with van der Waals surface area (Å²) in [4.78, 5) is 37.8. The van der Waals surface area contributed by atoms with Crippen molar-refractivity contribution >= 4 is 75.8 Å². The summed E-state index contributed by atoms with van der Waals surface area (Å²) in [6, 6.07) is 7.92. The second kappa shape index (κ2) is 12.3. The highest BCUT2D eigenvalue weighted by molar-refractivity contribution is 6.55. The van der Waals surface area contributed by atoms with Crippen LogP contribution >= 0.6 is 58.0 Å². The summed E-state index contributed by atoms with van der Waals surface area (Å²) >= 11 is 30.0. The summed E-state index contributed by atoms with van der Waals surface area (Å²) in [7, 11) is 0. The van der Waals surface area contributed by atoms with E-state index in [4.69, 9.17) is 62.7 Å². The third-order valence-electron chi connectivity index (χ3n) is 5.08. The predicted octanol–water partition coefficient (Wildman–Crippen LogP) is 4.45. The highest BCUT2D eigenvalue weighted by atomic mass is 35.5. The molecule has 0 saturated carbocycles. The first-order valence-corrected chi connectivity index (χ1v) is 12.2. The number of ether oxygens (including phenoxy) is 1. The number of nitrogens with one attached hydrogen (secondary N) is 3. The van der Waals surface area contributed by atoms with Crippen molar-refractivity contribution in [2.75, 3.05) is 13.1 Å². The van der Waals surface area contributed by atoms with Gasteiger partial charge in [-0.15, -0.1) is 0 Å². The Morgan fingerprint density at radius 2 is 1.59 bits per heavy atom. The van der Waals surface area contributed by atoms with Gasteiger partial charge < -0.3 is 20.7 Å². The zero-order valence-corrected chi connectivity index (χ0v) is 21.4. The molecule has 1 saturated heterocycles. The topological polar surface area (TPSA) is 96.5 Å². The molecule has 0 aromatic heterocycles. The molecule has 1 heterocycles. The fraction of sp³-hybridized carbons (Fsp3) is 0.318. The molecule has 2 aromatic rings. The van der Waals surface area contributed by atoms with Gasteiger partial charge in [0.2, 0.25) is 11.8 Å². The lowest BCUT2D eigenvalue weighted by Gasteiger charge is -2.21. The van der Waals surface area contributed by atoms with Crippen LogP contribution in [0.2, 0.25) is 25.1 Å². The molecule has 1 aliphatic heterocycles. The maximum atomic E-state index is 12.9. The van der Waals surface area contributed by atoms with Crippen molar-refractivity contribution in [1.29, 1.82) is 0 Å². The first-order chi connectivity index (χ1) is 16.2. The Morgan fingerprint density at radius 3 is 2.18 bits per heavy atom. The third kappa shape index (κ3) is 6.68. The highest BCUT2D eigenvalue weighted by Crippen LogP contribution is 2.48. The third-order valence-corrected chi connectivity index (χ3v) is 7.33. The molecule has 0 spiro atoms. The first-order valence-electron chi connectivity index (χ1n) is 10.3. The minimum atomic E-state index is -0.906. The van der Waals surface area contributed by atoms with Gasteiger partial charge in [-0.1, -0.05) is 88.3 Å². The molecule has 2 atom stereocenters. The van der Waals surface area contributed by atoms with Gasteiger partial charge in [0.25, 0.3) is 0 Å². The predicted molar refractivity (Wildman–Crippen MR) is 133 cm³/mol. The lowest BCUT2D eigenvalue weighted by atomic mass is 10.0. The summed E-state index contributed by atoms with van der Waals surface area (Å²) in [5.74, 6) is -1.99. The standard InChI is InChI=1S/C22H20Cl5N3O4/c23-15-16(24)18(26)20(19(27)17(15)25)34-14(31)10-29-21(32)13(9-11-5-2-1-3-6-11)30-22(33)12-7-4-8-28-12/h1-3,5-6,12-13,28H,4,7-10H2,(H,29,32)(H,30,33). The summed E-state index contributed by atoms with van der Waals surface area (Å²) in [5, 5.41) is 7.60. The zero-order valence-electron chi connectivity index (χ0n) is 17.6. The van der Waals surface area contributed by atoms with E-state index in [0.717, 1.165) is 18.5 Å². The quantitative estimate of drug-likeness (QED) is 0.190. The fourth-order valence-electron chi connectivity index (χ4n) is 3.35. The van der Waals surface area contributed by atoms with Gasteiger partial charge in [0.1, 0.15) is 22.6 Å². The van der Waals surface area contributed by atoms with E-state index >= 15 is 0 Å². The van der Waals surface area contributed by atoms with Gasteiger partial charge in [0, 0.05) is 6.42 Å². The van der Waals surface area contributed by atoms with Crippen LogP contribution < -0.4 is 20.7 Å². The molecular weight excluding hydrogens is 548 g/mol. The second-order valence-corrected chi connectivity index (χ2v) is 9.38. The van der Waals surface area contributed by atoms with Gasteiger partial charge >= 0.3 is 5.97 Å². The highest BCUT2D eigenvalue weighted by Gasteiger charge is 2.28. The van der Waals surface area contributed by atoms with Crippen LogP contribution in [0.3, 0.4) is 0 Å². The van der Waals surface area contributed by atoms with Crippen molar-refractivity contribution in [1.82, 2.24) is 16.0 Å². The average Bonchev–Trinajstić information content (AvgIpc) is 3.38. The number of esters is 1. The molecule has 12 heteroatoms. The first kappa shape index (κ1) is 26.9. The Hall–Kier alpha value is -1.74. The van der Waals surface area contributed by atoms with Crippen molar-refractivity contribution in [2.45, 2.75) is 31.3 Å². The lowest BCUT2D eigenvalue weighted by molar-refractivity contribution is -0.136. The van der Waals surface area contributed by atoms with Crippen LogP contribution in [0.4, 0.5) is 0 Å². The maximum absolute atomic E-state index is 12.9. The molecule has 34 heavy (non-hydrogen) atoms. The van der Waals surface area contributed by atoms with Crippen molar-refractivity contribution in [3.8, 4) is 5.75 Å². The molecule has 2 amide bonds. The number of amides is 2. The molecular formula is C22H20Cl5N3O4.